The van der Waals surface area contributed by atoms with Crippen molar-refractivity contribution >= 4 is 33.6 Å². The van der Waals surface area contributed by atoms with E-state index < -0.39 is 11.6 Å². The van der Waals surface area contributed by atoms with Crippen molar-refractivity contribution in [3.63, 3.8) is 0 Å². The summed E-state index contributed by atoms with van der Waals surface area (Å²) in [6.45, 7) is 0. The standard InChI is InChI=1S/C8H5F2IN2/c1-13-3-12-5-2-4(9)7(11)6(10)8(5)13/h2-3H,1H3. The van der Waals surface area contributed by atoms with Crippen LogP contribution in [-0.4, -0.2) is 9.55 Å². The Morgan fingerprint density at radius 3 is 2.85 bits per heavy atom. The maximum absolute atomic E-state index is 13.4. The third kappa shape index (κ3) is 1.21. The molecular weight excluding hydrogens is 289 g/mol. The number of nitrogens with zero attached hydrogens (tertiary/aromatic N) is 2. The minimum absolute atomic E-state index is 0.00806. The summed E-state index contributed by atoms with van der Waals surface area (Å²) in [7, 11) is 1.67. The molecule has 0 unspecified atom stereocenters. The molecule has 0 saturated carbocycles. The van der Waals surface area contributed by atoms with Gasteiger partial charge in [0.15, 0.2) is 5.82 Å². The van der Waals surface area contributed by atoms with Gasteiger partial charge in [-0.2, -0.15) is 0 Å². The molecule has 1 heterocycles. The second kappa shape index (κ2) is 2.90. The molecule has 0 fully saturated rings. The fourth-order valence-corrected chi connectivity index (χ4v) is 1.62. The third-order valence-electron chi connectivity index (χ3n) is 1.84. The SMILES string of the molecule is Cn1cnc2cc(F)c(I)c(F)c21. The second-order valence-corrected chi connectivity index (χ2v) is 3.79. The lowest BCUT2D eigenvalue weighted by Crippen LogP contribution is -1.94. The molecule has 13 heavy (non-hydrogen) atoms. The molecule has 0 radical (unpaired) electrons. The number of aromatic nitrogens is 2. The first-order valence-electron chi connectivity index (χ1n) is 3.56. The fourth-order valence-electron chi connectivity index (χ4n) is 1.21. The van der Waals surface area contributed by atoms with Gasteiger partial charge in [-0.1, -0.05) is 0 Å². The van der Waals surface area contributed by atoms with Gasteiger partial charge >= 0.3 is 0 Å². The van der Waals surface area contributed by atoms with Crippen LogP contribution in [0.1, 0.15) is 0 Å². The molecule has 0 N–H and O–H groups in total. The molecule has 5 heteroatoms. The van der Waals surface area contributed by atoms with Crippen molar-refractivity contribution < 1.29 is 8.78 Å². The topological polar surface area (TPSA) is 17.8 Å². The van der Waals surface area contributed by atoms with E-state index in [1.54, 1.807) is 29.6 Å². The maximum atomic E-state index is 13.4. The van der Waals surface area contributed by atoms with E-state index in [4.69, 9.17) is 0 Å². The van der Waals surface area contributed by atoms with Crippen molar-refractivity contribution in [2.24, 2.45) is 7.05 Å². The van der Waals surface area contributed by atoms with Crippen molar-refractivity contribution in [3.8, 4) is 0 Å². The minimum atomic E-state index is -0.565. The molecule has 2 nitrogen and oxygen atoms in total. The van der Waals surface area contributed by atoms with Gasteiger partial charge in [-0.25, -0.2) is 13.8 Å². The largest absolute Gasteiger partial charge is 0.331 e. The number of rotatable bonds is 0. The van der Waals surface area contributed by atoms with Crippen LogP contribution in [0.4, 0.5) is 8.78 Å². The molecule has 0 atom stereocenters. The Labute approximate surface area is 86.7 Å². The first-order valence-corrected chi connectivity index (χ1v) is 4.63. The molecular formula is C8H5F2IN2. The molecule has 0 spiro atoms. The van der Waals surface area contributed by atoms with E-state index in [-0.39, 0.29) is 3.57 Å². The summed E-state index contributed by atoms with van der Waals surface area (Å²) in [4.78, 5) is 3.86. The third-order valence-corrected chi connectivity index (χ3v) is 2.83. The van der Waals surface area contributed by atoms with Gasteiger partial charge in [-0.3, -0.25) is 0 Å². The molecule has 0 amide bonds. The van der Waals surface area contributed by atoms with Crippen LogP contribution >= 0.6 is 22.6 Å². The van der Waals surface area contributed by atoms with Crippen LogP contribution in [0.3, 0.4) is 0 Å². The molecule has 2 aromatic rings. The van der Waals surface area contributed by atoms with Gasteiger partial charge in [0.25, 0.3) is 0 Å². The zero-order valence-electron chi connectivity index (χ0n) is 6.68. The Bertz CT molecular complexity index is 478. The number of imidazole rings is 1. The fraction of sp³-hybridized carbons (Fsp3) is 0.125. The predicted octanol–water partition coefficient (Wildman–Crippen LogP) is 2.46. The van der Waals surface area contributed by atoms with Gasteiger partial charge in [0.1, 0.15) is 11.3 Å². The van der Waals surface area contributed by atoms with Crippen LogP contribution in [0, 0.1) is 15.2 Å². The van der Waals surface area contributed by atoms with Crippen molar-refractivity contribution in [2.45, 2.75) is 0 Å². The molecule has 0 aliphatic carbocycles. The summed E-state index contributed by atoms with van der Waals surface area (Å²) in [5.41, 5.74) is 0.684. The summed E-state index contributed by atoms with van der Waals surface area (Å²) in [6.07, 6.45) is 1.46. The zero-order chi connectivity index (χ0) is 9.59. The summed E-state index contributed by atoms with van der Waals surface area (Å²) in [5.74, 6) is -1.11. The number of fused-ring (bicyclic) bond motifs is 1. The highest BCUT2D eigenvalue weighted by molar-refractivity contribution is 14.1. The Hall–Kier alpha value is -0.720. The van der Waals surface area contributed by atoms with Crippen molar-refractivity contribution in [2.75, 3.05) is 0 Å². The van der Waals surface area contributed by atoms with Crippen molar-refractivity contribution in [3.05, 3.63) is 27.6 Å². The average molecular weight is 294 g/mol. The van der Waals surface area contributed by atoms with E-state index in [1.165, 1.54) is 17.0 Å². The lowest BCUT2D eigenvalue weighted by molar-refractivity contribution is 0.575. The monoisotopic (exact) mass is 294 g/mol. The van der Waals surface area contributed by atoms with Gasteiger partial charge in [-0.15, -0.1) is 0 Å². The molecule has 0 saturated heterocycles. The van der Waals surface area contributed by atoms with Crippen LogP contribution < -0.4 is 0 Å². The van der Waals surface area contributed by atoms with Gasteiger partial charge < -0.3 is 4.57 Å². The highest BCUT2D eigenvalue weighted by atomic mass is 127. The molecule has 0 aliphatic heterocycles. The Morgan fingerprint density at radius 1 is 1.46 bits per heavy atom. The molecule has 0 bridgehead atoms. The average Bonchev–Trinajstić information content (AvgIpc) is 2.43. The molecule has 1 aromatic heterocycles. The van der Waals surface area contributed by atoms with Crippen LogP contribution in [0.25, 0.3) is 11.0 Å². The van der Waals surface area contributed by atoms with Gasteiger partial charge in [0, 0.05) is 13.1 Å². The molecule has 0 aliphatic rings. The predicted molar refractivity (Wildman–Crippen MR) is 53.3 cm³/mol. The van der Waals surface area contributed by atoms with Crippen LogP contribution in [0.15, 0.2) is 12.4 Å². The highest BCUT2D eigenvalue weighted by Gasteiger charge is 2.14. The molecule has 68 valence electrons. The first kappa shape index (κ1) is 8.86. The number of halogens is 3. The normalized spacial score (nSPS) is 11.1. The Morgan fingerprint density at radius 2 is 2.15 bits per heavy atom. The Balaban J connectivity index is 2.97. The molecule has 2 rings (SSSR count). The van der Waals surface area contributed by atoms with E-state index in [2.05, 4.69) is 4.98 Å². The number of benzene rings is 1. The van der Waals surface area contributed by atoms with E-state index in [0.717, 1.165) is 0 Å². The van der Waals surface area contributed by atoms with Crippen molar-refractivity contribution in [1.82, 2.24) is 9.55 Å². The van der Waals surface area contributed by atoms with Gasteiger partial charge in [0.2, 0.25) is 0 Å². The first-order chi connectivity index (χ1) is 6.11. The van der Waals surface area contributed by atoms with Gasteiger partial charge in [-0.05, 0) is 22.6 Å². The van der Waals surface area contributed by atoms with Crippen LogP contribution in [0.2, 0.25) is 0 Å². The van der Waals surface area contributed by atoms with E-state index >= 15 is 0 Å². The van der Waals surface area contributed by atoms with Crippen LogP contribution in [-0.2, 0) is 7.05 Å². The highest BCUT2D eigenvalue weighted by Crippen LogP contribution is 2.23. The summed E-state index contributed by atoms with van der Waals surface area (Å²) in [5, 5.41) is 0. The number of hydrogen-bond donors (Lipinski definition) is 0. The smallest absolute Gasteiger partial charge is 0.165 e. The zero-order valence-corrected chi connectivity index (χ0v) is 8.84. The Kier molecular flexibility index (Phi) is 1.98. The quantitative estimate of drug-likeness (QED) is 0.539. The summed E-state index contributed by atoms with van der Waals surface area (Å²) >= 11 is 1.64. The van der Waals surface area contributed by atoms with Crippen molar-refractivity contribution in [1.29, 1.82) is 0 Å². The second-order valence-electron chi connectivity index (χ2n) is 2.71. The van der Waals surface area contributed by atoms with Crippen LogP contribution in [0.5, 0.6) is 0 Å². The lowest BCUT2D eigenvalue weighted by Gasteiger charge is -1.99. The van der Waals surface area contributed by atoms with E-state index in [1.807, 2.05) is 0 Å². The number of aryl methyl sites for hydroxylation is 1. The maximum Gasteiger partial charge on any atom is 0.165 e. The minimum Gasteiger partial charge on any atom is -0.331 e. The number of hydrogen-bond acceptors (Lipinski definition) is 1. The molecule has 1 aromatic carbocycles. The summed E-state index contributed by atoms with van der Waals surface area (Å²) < 4.78 is 28.0. The van der Waals surface area contributed by atoms with E-state index in [9.17, 15) is 8.78 Å². The summed E-state index contributed by atoms with van der Waals surface area (Å²) in [6, 6.07) is 1.24. The lowest BCUT2D eigenvalue weighted by atomic mass is 10.3. The van der Waals surface area contributed by atoms with E-state index in [0.29, 0.717) is 11.0 Å². The van der Waals surface area contributed by atoms with Gasteiger partial charge in [0.05, 0.1) is 15.4 Å².